The van der Waals surface area contributed by atoms with Gasteiger partial charge in [0.2, 0.25) is 0 Å². The van der Waals surface area contributed by atoms with Crippen LogP contribution in [0.25, 0.3) is 5.53 Å². The van der Waals surface area contributed by atoms with Gasteiger partial charge in [-0.15, -0.1) is 0 Å². The van der Waals surface area contributed by atoms with Gasteiger partial charge >= 0.3 is 11.7 Å². The third kappa shape index (κ3) is 4.62. The molecule has 0 spiro atoms. The minimum atomic E-state index is -0.563. The summed E-state index contributed by atoms with van der Waals surface area (Å²) in [6.07, 6.45) is 3.14. The van der Waals surface area contributed by atoms with Gasteiger partial charge in [0.25, 0.3) is 0 Å². The Hall–Kier alpha value is -1.93. The van der Waals surface area contributed by atoms with Gasteiger partial charge in [0.1, 0.15) is 0 Å². The predicted octanol–water partition coefficient (Wildman–Crippen LogP) is 2.24. The number of hydrogen-bond donors (Lipinski definition) is 0. The van der Waals surface area contributed by atoms with Gasteiger partial charge in [0, 0.05) is 0 Å². The molecule has 0 saturated heterocycles. The molecule has 0 bridgehead atoms. The topological polar surface area (TPSA) is 62.7 Å². The molecule has 4 heteroatoms. The number of esters is 1. The standard InChI is InChI=1S/C13H16N2O2/c1-17-13(16)12(15-14)10-6-5-9-11-7-3-2-4-8-11/h2-4,7-8H,5-6,9-10H2,1H3. The number of nitrogens with zero attached hydrogens (tertiary/aromatic N) is 2. The first-order chi connectivity index (χ1) is 8.27. The molecule has 0 fully saturated rings. The summed E-state index contributed by atoms with van der Waals surface area (Å²) < 4.78 is 4.49. The van der Waals surface area contributed by atoms with Gasteiger partial charge in [-0.25, -0.2) is 4.79 Å². The van der Waals surface area contributed by atoms with Crippen LogP contribution >= 0.6 is 0 Å². The van der Waals surface area contributed by atoms with Crippen molar-refractivity contribution in [1.29, 1.82) is 0 Å². The molecular weight excluding hydrogens is 216 g/mol. The van der Waals surface area contributed by atoms with Gasteiger partial charge in [-0.05, 0) is 24.8 Å². The molecule has 0 amide bonds. The lowest BCUT2D eigenvalue weighted by Crippen LogP contribution is -2.16. The van der Waals surface area contributed by atoms with Gasteiger partial charge in [-0.3, -0.25) is 0 Å². The van der Waals surface area contributed by atoms with Crippen molar-refractivity contribution in [3.8, 4) is 0 Å². The van der Waals surface area contributed by atoms with E-state index in [0.29, 0.717) is 6.42 Å². The van der Waals surface area contributed by atoms with Crippen molar-refractivity contribution in [2.75, 3.05) is 7.11 Å². The lowest BCUT2D eigenvalue weighted by molar-refractivity contribution is -0.137. The van der Waals surface area contributed by atoms with Crippen molar-refractivity contribution in [1.82, 2.24) is 0 Å². The molecule has 0 aromatic heterocycles. The number of aryl methyl sites for hydroxylation is 1. The molecule has 0 heterocycles. The summed E-state index contributed by atoms with van der Waals surface area (Å²) in [7, 11) is 1.28. The summed E-state index contributed by atoms with van der Waals surface area (Å²) in [6.45, 7) is 0. The van der Waals surface area contributed by atoms with E-state index in [1.54, 1.807) is 0 Å². The van der Waals surface area contributed by atoms with E-state index in [0.717, 1.165) is 19.3 Å². The molecular formula is C13H16N2O2. The van der Waals surface area contributed by atoms with E-state index in [2.05, 4.69) is 21.7 Å². The van der Waals surface area contributed by atoms with Crippen LogP contribution in [0, 0.1) is 0 Å². The monoisotopic (exact) mass is 232 g/mol. The second kappa shape index (κ2) is 7.36. The summed E-state index contributed by atoms with van der Waals surface area (Å²) in [5, 5.41) is 0. The van der Waals surface area contributed by atoms with E-state index in [9.17, 15) is 4.79 Å². The Kier molecular flexibility index (Phi) is 5.69. The molecule has 4 nitrogen and oxygen atoms in total. The maximum atomic E-state index is 11.1. The zero-order valence-electron chi connectivity index (χ0n) is 9.93. The summed E-state index contributed by atoms with van der Waals surface area (Å²) >= 11 is 0. The van der Waals surface area contributed by atoms with Crippen molar-refractivity contribution >= 4 is 11.7 Å². The van der Waals surface area contributed by atoms with Gasteiger partial charge in [-0.2, -0.15) is 4.79 Å². The van der Waals surface area contributed by atoms with Crippen LogP contribution in [0.3, 0.4) is 0 Å². The highest BCUT2D eigenvalue weighted by Gasteiger charge is 2.19. The van der Waals surface area contributed by atoms with E-state index < -0.39 is 5.97 Å². The zero-order valence-corrected chi connectivity index (χ0v) is 9.93. The Morgan fingerprint density at radius 2 is 2.00 bits per heavy atom. The average Bonchev–Trinajstić information content (AvgIpc) is 2.39. The van der Waals surface area contributed by atoms with Crippen LogP contribution in [-0.4, -0.2) is 23.6 Å². The molecule has 1 rings (SSSR count). The molecule has 17 heavy (non-hydrogen) atoms. The Labute approximate surface area is 101 Å². The average molecular weight is 232 g/mol. The molecule has 0 atom stereocenters. The minimum absolute atomic E-state index is 0.0839. The summed E-state index contributed by atoms with van der Waals surface area (Å²) in [6, 6.07) is 10.1. The largest absolute Gasteiger partial charge is 0.460 e. The molecule has 0 aliphatic rings. The molecule has 0 saturated carbocycles. The summed E-state index contributed by atoms with van der Waals surface area (Å²) in [4.78, 5) is 14.0. The molecule has 0 aliphatic carbocycles. The van der Waals surface area contributed by atoms with Crippen molar-refractivity contribution in [3.63, 3.8) is 0 Å². The van der Waals surface area contributed by atoms with Crippen LogP contribution in [-0.2, 0) is 16.0 Å². The smallest absolute Gasteiger partial charge is 0.416 e. The maximum absolute atomic E-state index is 11.1. The fourth-order valence-electron chi connectivity index (χ4n) is 1.58. The van der Waals surface area contributed by atoms with Gasteiger partial charge in [0.15, 0.2) is 0 Å². The Morgan fingerprint density at radius 1 is 1.29 bits per heavy atom. The lowest BCUT2D eigenvalue weighted by Gasteiger charge is -1.99. The number of rotatable bonds is 6. The van der Waals surface area contributed by atoms with Crippen molar-refractivity contribution in [2.45, 2.75) is 25.7 Å². The fraction of sp³-hybridized carbons (Fsp3) is 0.385. The van der Waals surface area contributed by atoms with Crippen LogP contribution in [0.4, 0.5) is 0 Å². The minimum Gasteiger partial charge on any atom is -0.460 e. The van der Waals surface area contributed by atoms with Crippen LogP contribution in [0.5, 0.6) is 0 Å². The third-order valence-corrected chi connectivity index (χ3v) is 2.51. The van der Waals surface area contributed by atoms with Crippen molar-refractivity contribution in [2.24, 2.45) is 0 Å². The van der Waals surface area contributed by atoms with Gasteiger partial charge in [-0.1, -0.05) is 30.3 Å². The van der Waals surface area contributed by atoms with E-state index in [1.807, 2.05) is 18.2 Å². The predicted molar refractivity (Wildman–Crippen MR) is 64.6 cm³/mol. The number of methoxy groups -OCH3 is 1. The van der Waals surface area contributed by atoms with Crippen LogP contribution in [0.15, 0.2) is 30.3 Å². The molecule has 0 N–H and O–H groups in total. The first-order valence-electron chi connectivity index (χ1n) is 5.61. The van der Waals surface area contributed by atoms with E-state index in [1.165, 1.54) is 12.7 Å². The second-order valence-electron chi connectivity index (χ2n) is 3.73. The van der Waals surface area contributed by atoms with Crippen LogP contribution in [0.1, 0.15) is 24.8 Å². The highest BCUT2D eigenvalue weighted by molar-refractivity contribution is 6.33. The first kappa shape index (κ1) is 13.1. The van der Waals surface area contributed by atoms with E-state index in [-0.39, 0.29) is 5.71 Å². The SMILES string of the molecule is COC(=O)C(CCCCc1ccccc1)=[N+]=[N-]. The van der Waals surface area contributed by atoms with E-state index >= 15 is 0 Å². The molecule has 90 valence electrons. The van der Waals surface area contributed by atoms with Crippen molar-refractivity contribution in [3.05, 3.63) is 41.4 Å². The number of hydrogen-bond acceptors (Lipinski definition) is 2. The Balaban J connectivity index is 2.29. The number of carbonyl (C=O) groups is 1. The molecule has 0 radical (unpaired) electrons. The van der Waals surface area contributed by atoms with E-state index in [4.69, 9.17) is 5.53 Å². The first-order valence-corrected chi connectivity index (χ1v) is 5.61. The number of carbonyl (C=O) groups excluding carboxylic acids is 1. The summed E-state index contributed by atoms with van der Waals surface area (Å²) in [5.41, 5.74) is 9.99. The van der Waals surface area contributed by atoms with Crippen LogP contribution < -0.4 is 0 Å². The van der Waals surface area contributed by atoms with Crippen molar-refractivity contribution < 1.29 is 14.3 Å². The Morgan fingerprint density at radius 3 is 2.59 bits per heavy atom. The normalized spacial score (nSPS) is 9.47. The summed E-state index contributed by atoms with van der Waals surface area (Å²) in [5.74, 6) is -0.563. The fourth-order valence-corrected chi connectivity index (χ4v) is 1.58. The van der Waals surface area contributed by atoms with Gasteiger partial charge in [0.05, 0.1) is 13.5 Å². The molecule has 1 aromatic rings. The lowest BCUT2D eigenvalue weighted by atomic mass is 10.1. The quantitative estimate of drug-likeness (QED) is 0.248. The zero-order chi connectivity index (χ0) is 12.5. The van der Waals surface area contributed by atoms with Gasteiger partial charge < -0.3 is 10.3 Å². The van der Waals surface area contributed by atoms with Crippen LogP contribution in [0.2, 0.25) is 0 Å². The number of benzene rings is 1. The molecule has 1 aromatic carbocycles. The maximum Gasteiger partial charge on any atom is 0.416 e. The Bertz CT molecular complexity index is 409. The highest BCUT2D eigenvalue weighted by Crippen LogP contribution is 2.06. The highest BCUT2D eigenvalue weighted by atomic mass is 16.5. The molecule has 0 unspecified atom stereocenters. The third-order valence-electron chi connectivity index (χ3n) is 2.51. The number of ether oxygens (including phenoxy) is 1. The second-order valence-corrected chi connectivity index (χ2v) is 3.73. The molecule has 0 aliphatic heterocycles. The number of unbranched alkanes of at least 4 members (excludes halogenated alkanes) is 1.